The second-order valence-electron chi connectivity index (χ2n) is 6.31. The van der Waals surface area contributed by atoms with E-state index in [0.29, 0.717) is 25.3 Å². The van der Waals surface area contributed by atoms with Crippen molar-refractivity contribution in [2.24, 2.45) is 5.92 Å². The van der Waals surface area contributed by atoms with Crippen molar-refractivity contribution in [2.45, 2.75) is 32.1 Å². The Bertz CT molecular complexity index is 631. The number of aryl methyl sites for hydroxylation is 1. The van der Waals surface area contributed by atoms with Gasteiger partial charge in [0.05, 0.1) is 13.2 Å². The van der Waals surface area contributed by atoms with E-state index in [1.54, 1.807) is 7.11 Å². The van der Waals surface area contributed by atoms with E-state index in [0.717, 1.165) is 37.2 Å². The Kier molecular flexibility index (Phi) is 7.27. The van der Waals surface area contributed by atoms with Gasteiger partial charge in [0.15, 0.2) is 0 Å². The fourth-order valence-corrected chi connectivity index (χ4v) is 3.02. The molecule has 1 aromatic carbocycles. The van der Waals surface area contributed by atoms with Crippen molar-refractivity contribution < 1.29 is 14.3 Å². The number of methoxy groups -OCH3 is 1. The maximum Gasteiger partial charge on any atom is 0.234 e. The highest BCUT2D eigenvalue weighted by Gasteiger charge is 2.22. The number of ether oxygens (including phenoxy) is 1. The number of amides is 2. The first-order chi connectivity index (χ1) is 12.1. The highest BCUT2D eigenvalue weighted by Crippen LogP contribution is 2.19. The van der Waals surface area contributed by atoms with Gasteiger partial charge in [-0.25, -0.2) is 0 Å². The quantitative estimate of drug-likeness (QED) is 0.820. The van der Waals surface area contributed by atoms with Crippen LogP contribution in [0.3, 0.4) is 0 Å². The molecule has 1 heterocycles. The minimum Gasteiger partial charge on any atom is -0.497 e. The van der Waals surface area contributed by atoms with Crippen molar-refractivity contribution in [3.63, 3.8) is 0 Å². The first-order valence-corrected chi connectivity index (χ1v) is 8.66. The molecule has 2 rings (SSSR count). The first-order valence-electron chi connectivity index (χ1n) is 8.66. The van der Waals surface area contributed by atoms with Crippen LogP contribution in [0.15, 0.2) is 24.3 Å². The van der Waals surface area contributed by atoms with Crippen molar-refractivity contribution >= 4 is 11.8 Å². The number of rotatable bonds is 7. The predicted molar refractivity (Wildman–Crippen MR) is 93.9 cm³/mol. The third-order valence-corrected chi connectivity index (χ3v) is 4.56. The van der Waals surface area contributed by atoms with Crippen LogP contribution in [0, 0.1) is 17.2 Å². The summed E-state index contributed by atoms with van der Waals surface area (Å²) in [7, 11) is 1.64. The van der Waals surface area contributed by atoms with Gasteiger partial charge >= 0.3 is 0 Å². The summed E-state index contributed by atoms with van der Waals surface area (Å²) >= 11 is 0. The second-order valence-corrected chi connectivity index (χ2v) is 6.31. The molecule has 1 aromatic rings. The number of carbonyl (C=O) groups is 2. The van der Waals surface area contributed by atoms with E-state index in [2.05, 4.69) is 5.32 Å². The highest BCUT2D eigenvalue weighted by atomic mass is 16.5. The van der Waals surface area contributed by atoms with E-state index in [-0.39, 0.29) is 18.2 Å². The van der Waals surface area contributed by atoms with Crippen molar-refractivity contribution in [1.29, 1.82) is 5.26 Å². The average Bonchev–Trinajstić information content (AvgIpc) is 2.65. The summed E-state index contributed by atoms with van der Waals surface area (Å²) in [5.41, 5.74) is 1.10. The largest absolute Gasteiger partial charge is 0.497 e. The lowest BCUT2D eigenvalue weighted by atomic mass is 9.96. The van der Waals surface area contributed by atoms with Crippen LogP contribution in [0.4, 0.5) is 0 Å². The van der Waals surface area contributed by atoms with E-state index in [9.17, 15) is 9.59 Å². The standard InChI is InChI=1S/C19H25N3O3/c1-25-17-4-2-3-15(13-17)5-6-19(24)22-11-8-16(9-12-22)14-21-18(23)7-10-20/h2-4,13,16H,5-9,11-12,14H2,1H3,(H,21,23). The molecule has 25 heavy (non-hydrogen) atoms. The molecule has 0 saturated carbocycles. The third kappa shape index (κ3) is 6.11. The molecular formula is C19H25N3O3. The molecule has 0 unspecified atom stereocenters. The SMILES string of the molecule is COc1cccc(CCC(=O)N2CCC(CNC(=O)CC#N)CC2)c1. The van der Waals surface area contributed by atoms with Gasteiger partial charge in [-0.2, -0.15) is 5.26 Å². The van der Waals surface area contributed by atoms with Crippen LogP contribution in [-0.2, 0) is 16.0 Å². The van der Waals surface area contributed by atoms with E-state index in [1.807, 2.05) is 35.2 Å². The summed E-state index contributed by atoms with van der Waals surface area (Å²) < 4.78 is 5.20. The Morgan fingerprint density at radius 2 is 2.12 bits per heavy atom. The van der Waals surface area contributed by atoms with Crippen LogP contribution < -0.4 is 10.1 Å². The number of benzene rings is 1. The number of nitriles is 1. The molecular weight excluding hydrogens is 318 g/mol. The Labute approximate surface area is 148 Å². The van der Waals surface area contributed by atoms with Gasteiger partial charge < -0.3 is 15.0 Å². The van der Waals surface area contributed by atoms with E-state index in [1.165, 1.54) is 0 Å². The van der Waals surface area contributed by atoms with Crippen molar-refractivity contribution in [3.05, 3.63) is 29.8 Å². The minimum atomic E-state index is -0.223. The van der Waals surface area contributed by atoms with Gasteiger partial charge in [-0.1, -0.05) is 12.1 Å². The average molecular weight is 343 g/mol. The molecule has 0 atom stereocenters. The van der Waals surface area contributed by atoms with Crippen LogP contribution in [0.25, 0.3) is 0 Å². The summed E-state index contributed by atoms with van der Waals surface area (Å²) in [5, 5.41) is 11.2. The minimum absolute atomic E-state index is 0.0956. The molecule has 1 saturated heterocycles. The molecule has 0 bridgehead atoms. The lowest BCUT2D eigenvalue weighted by Crippen LogP contribution is -2.41. The zero-order valence-electron chi connectivity index (χ0n) is 14.7. The Balaban J connectivity index is 1.70. The number of likely N-dealkylation sites (tertiary alicyclic amines) is 1. The fourth-order valence-electron chi connectivity index (χ4n) is 3.02. The molecule has 6 nitrogen and oxygen atoms in total. The number of carbonyl (C=O) groups excluding carboxylic acids is 2. The summed E-state index contributed by atoms with van der Waals surface area (Å²) in [6, 6.07) is 9.64. The molecule has 0 radical (unpaired) electrons. The van der Waals surface area contributed by atoms with Gasteiger partial charge in [-0.05, 0) is 42.9 Å². The third-order valence-electron chi connectivity index (χ3n) is 4.56. The maximum atomic E-state index is 12.4. The molecule has 0 aliphatic carbocycles. The number of hydrogen-bond acceptors (Lipinski definition) is 4. The summed E-state index contributed by atoms with van der Waals surface area (Å²) in [6.45, 7) is 2.05. The molecule has 1 aliphatic heterocycles. The van der Waals surface area contributed by atoms with Crippen LogP contribution in [-0.4, -0.2) is 43.5 Å². The highest BCUT2D eigenvalue weighted by molar-refractivity contribution is 5.78. The van der Waals surface area contributed by atoms with Crippen LogP contribution in [0.2, 0.25) is 0 Å². The number of hydrogen-bond donors (Lipinski definition) is 1. The van der Waals surface area contributed by atoms with Crippen molar-refractivity contribution in [1.82, 2.24) is 10.2 Å². The van der Waals surface area contributed by atoms with Gasteiger partial charge in [-0.15, -0.1) is 0 Å². The van der Waals surface area contributed by atoms with Gasteiger partial charge in [0.1, 0.15) is 12.2 Å². The molecule has 2 amide bonds. The molecule has 1 N–H and O–H groups in total. The summed E-state index contributed by atoms with van der Waals surface area (Å²) in [4.78, 5) is 25.6. The Morgan fingerprint density at radius 3 is 2.80 bits per heavy atom. The topological polar surface area (TPSA) is 82.4 Å². The Morgan fingerprint density at radius 1 is 1.36 bits per heavy atom. The zero-order valence-corrected chi connectivity index (χ0v) is 14.7. The van der Waals surface area contributed by atoms with Crippen LogP contribution >= 0.6 is 0 Å². The number of nitrogens with one attached hydrogen (secondary N) is 1. The first kappa shape index (κ1) is 18.8. The number of nitrogens with zero attached hydrogens (tertiary/aromatic N) is 2. The predicted octanol–water partition coefficient (Wildman–Crippen LogP) is 1.90. The normalized spacial score (nSPS) is 14.6. The van der Waals surface area contributed by atoms with E-state index in [4.69, 9.17) is 10.00 Å². The molecule has 0 aromatic heterocycles. The molecule has 1 aliphatic rings. The lowest BCUT2D eigenvalue weighted by Gasteiger charge is -2.32. The fraction of sp³-hybridized carbons (Fsp3) is 0.526. The van der Waals surface area contributed by atoms with Crippen molar-refractivity contribution in [3.8, 4) is 11.8 Å². The van der Waals surface area contributed by atoms with E-state index >= 15 is 0 Å². The zero-order chi connectivity index (χ0) is 18.1. The molecule has 6 heteroatoms. The maximum absolute atomic E-state index is 12.4. The molecule has 134 valence electrons. The van der Waals surface area contributed by atoms with Gasteiger partial charge in [0.25, 0.3) is 0 Å². The summed E-state index contributed by atoms with van der Waals surface area (Å²) in [5.74, 6) is 1.14. The Hall–Kier alpha value is -2.55. The smallest absolute Gasteiger partial charge is 0.234 e. The van der Waals surface area contributed by atoms with Crippen LogP contribution in [0.1, 0.15) is 31.2 Å². The monoisotopic (exact) mass is 343 g/mol. The van der Waals surface area contributed by atoms with Gasteiger partial charge in [-0.3, -0.25) is 9.59 Å². The van der Waals surface area contributed by atoms with Gasteiger partial charge in [0, 0.05) is 26.1 Å². The van der Waals surface area contributed by atoms with Crippen molar-refractivity contribution in [2.75, 3.05) is 26.7 Å². The van der Waals surface area contributed by atoms with E-state index < -0.39 is 0 Å². The van der Waals surface area contributed by atoms with Crippen LogP contribution in [0.5, 0.6) is 5.75 Å². The second kappa shape index (κ2) is 9.67. The summed E-state index contributed by atoms with van der Waals surface area (Å²) in [6.07, 6.45) is 2.88. The molecule has 1 fully saturated rings. The number of piperidine rings is 1. The molecule has 0 spiro atoms. The lowest BCUT2D eigenvalue weighted by molar-refractivity contribution is -0.132. The van der Waals surface area contributed by atoms with Gasteiger partial charge in [0.2, 0.25) is 11.8 Å².